The molecule has 0 aliphatic carbocycles. The molecule has 2 unspecified atom stereocenters. The monoisotopic (exact) mass is 415 g/mol. The number of nitrogens with one attached hydrogen (secondary N) is 2. The fraction of sp³-hybridized carbons (Fsp3) is 0.368. The van der Waals surface area contributed by atoms with Crippen molar-refractivity contribution in [2.75, 3.05) is 30.5 Å². The molecule has 1 aromatic heterocycles. The van der Waals surface area contributed by atoms with Gasteiger partial charge in [-0.3, -0.25) is 5.32 Å². The predicted molar refractivity (Wildman–Crippen MR) is 105 cm³/mol. The number of aromatic nitrogens is 2. The highest BCUT2D eigenvalue weighted by atomic mass is 16.5. The Morgan fingerprint density at radius 2 is 2.13 bits per heavy atom. The molecule has 1 aliphatic rings. The third-order valence-corrected chi connectivity index (χ3v) is 4.10. The van der Waals surface area contributed by atoms with E-state index in [1.54, 1.807) is 18.2 Å². The molecule has 3 rings (SSSR count). The summed E-state index contributed by atoms with van der Waals surface area (Å²) in [6.07, 6.45) is -1.08. The molecule has 2 atom stereocenters. The lowest BCUT2D eigenvalue weighted by Crippen LogP contribution is -2.33. The first-order valence-electron chi connectivity index (χ1n) is 9.24. The molecular formula is C19H21N5O6. The molecule has 0 spiro atoms. The van der Waals surface area contributed by atoms with E-state index < -0.39 is 18.2 Å². The lowest BCUT2D eigenvalue weighted by atomic mass is 10.1. The van der Waals surface area contributed by atoms with Crippen molar-refractivity contribution in [1.82, 2.24) is 9.97 Å². The van der Waals surface area contributed by atoms with Gasteiger partial charge in [-0.05, 0) is 19.1 Å². The molecule has 0 saturated heterocycles. The molecule has 0 radical (unpaired) electrons. The number of aliphatic hydroxyl groups is 2. The number of hydrogen-bond donors (Lipinski definition) is 4. The summed E-state index contributed by atoms with van der Waals surface area (Å²) >= 11 is 0. The highest BCUT2D eigenvalue weighted by Crippen LogP contribution is 2.30. The number of rotatable bonds is 2. The number of carbonyl (C=O) groups excluding carboxylic acids is 1. The van der Waals surface area contributed by atoms with Gasteiger partial charge < -0.3 is 29.7 Å². The van der Waals surface area contributed by atoms with E-state index in [0.29, 0.717) is 12.4 Å². The van der Waals surface area contributed by atoms with E-state index in [2.05, 4.69) is 20.6 Å². The van der Waals surface area contributed by atoms with Crippen molar-refractivity contribution in [3.8, 4) is 23.4 Å². The van der Waals surface area contributed by atoms with Gasteiger partial charge in [-0.25, -0.2) is 9.78 Å². The summed E-state index contributed by atoms with van der Waals surface area (Å²) in [6.45, 7) is 2.00. The van der Waals surface area contributed by atoms with Crippen molar-refractivity contribution < 1.29 is 29.2 Å². The zero-order chi connectivity index (χ0) is 21.5. The van der Waals surface area contributed by atoms with Crippen molar-refractivity contribution in [3.63, 3.8) is 0 Å². The number of hydrogen-bond acceptors (Lipinski definition) is 9. The molecule has 2 amide bonds. The summed E-state index contributed by atoms with van der Waals surface area (Å²) in [5, 5.41) is 34.6. The van der Waals surface area contributed by atoms with Gasteiger partial charge in [0.2, 0.25) is 5.69 Å². The standard InChI is InChI=1S/C19H21N5O6/c1-2-28-11-3-4-16-12(7-11)22-19(27)24-17-9-21-13(8-20)18(23-17)29-6-5-14(25)15(26)10-30-16/h3-4,7,9,14-15,25-26H,2,5-6,10H2,1H3,(H2,22,23,24,27). The number of nitrogens with zero attached hydrogens (tertiary/aromatic N) is 3. The summed E-state index contributed by atoms with van der Waals surface area (Å²) in [7, 11) is 0. The van der Waals surface area contributed by atoms with Crippen LogP contribution in [0.2, 0.25) is 0 Å². The summed E-state index contributed by atoms with van der Waals surface area (Å²) < 4.78 is 16.4. The van der Waals surface area contributed by atoms with Crippen LogP contribution in [0.4, 0.5) is 16.3 Å². The molecular weight excluding hydrogens is 394 g/mol. The van der Waals surface area contributed by atoms with E-state index in [1.807, 2.05) is 13.0 Å². The molecule has 11 heteroatoms. The number of amides is 2. The Balaban J connectivity index is 1.92. The first-order chi connectivity index (χ1) is 14.5. The van der Waals surface area contributed by atoms with Crippen molar-refractivity contribution in [2.45, 2.75) is 25.6 Å². The van der Waals surface area contributed by atoms with E-state index in [4.69, 9.17) is 19.5 Å². The topological polar surface area (TPSA) is 159 Å². The quantitative estimate of drug-likeness (QED) is 0.566. The Kier molecular flexibility index (Phi) is 6.84. The van der Waals surface area contributed by atoms with Crippen molar-refractivity contribution in [1.29, 1.82) is 5.26 Å². The number of anilines is 2. The summed E-state index contributed by atoms with van der Waals surface area (Å²) in [5.74, 6) is 0.743. The molecule has 1 aromatic carbocycles. The third kappa shape index (κ3) is 5.25. The normalized spacial score (nSPS) is 19.3. The zero-order valence-corrected chi connectivity index (χ0v) is 16.2. The molecule has 158 valence electrons. The van der Waals surface area contributed by atoms with E-state index in [-0.39, 0.29) is 48.5 Å². The van der Waals surface area contributed by atoms with Crippen LogP contribution in [0, 0.1) is 11.3 Å². The number of nitriles is 1. The van der Waals surface area contributed by atoms with E-state index in [9.17, 15) is 15.0 Å². The Hall–Kier alpha value is -3.62. The van der Waals surface area contributed by atoms with Crippen molar-refractivity contribution >= 4 is 17.5 Å². The molecule has 4 N–H and O–H groups in total. The maximum atomic E-state index is 12.4. The first-order valence-corrected chi connectivity index (χ1v) is 9.24. The van der Waals surface area contributed by atoms with E-state index >= 15 is 0 Å². The van der Waals surface area contributed by atoms with E-state index in [0.717, 1.165) is 0 Å². The fourth-order valence-electron chi connectivity index (χ4n) is 2.62. The van der Waals surface area contributed by atoms with Gasteiger partial charge in [0.15, 0.2) is 5.82 Å². The van der Waals surface area contributed by atoms with Crippen molar-refractivity contribution in [2.24, 2.45) is 0 Å². The Bertz CT molecular complexity index is 947. The molecule has 0 fully saturated rings. The maximum absolute atomic E-state index is 12.4. The van der Waals surface area contributed by atoms with Crippen LogP contribution in [0.3, 0.4) is 0 Å². The minimum absolute atomic E-state index is 0.0362. The van der Waals surface area contributed by atoms with Gasteiger partial charge in [-0.1, -0.05) is 0 Å². The largest absolute Gasteiger partial charge is 0.494 e. The van der Waals surface area contributed by atoms with Crippen LogP contribution in [-0.2, 0) is 0 Å². The Morgan fingerprint density at radius 3 is 2.90 bits per heavy atom. The number of ether oxygens (including phenoxy) is 3. The highest BCUT2D eigenvalue weighted by Gasteiger charge is 2.20. The summed E-state index contributed by atoms with van der Waals surface area (Å²) in [4.78, 5) is 20.4. The molecule has 11 nitrogen and oxygen atoms in total. The molecule has 1 aliphatic heterocycles. The molecule has 2 aromatic rings. The van der Waals surface area contributed by atoms with Crippen LogP contribution in [-0.4, -0.2) is 58.2 Å². The molecule has 2 bridgehead atoms. The molecule has 0 saturated carbocycles. The minimum Gasteiger partial charge on any atom is -0.494 e. The van der Waals surface area contributed by atoms with Crippen LogP contribution >= 0.6 is 0 Å². The first kappa shape index (κ1) is 21.1. The molecule has 30 heavy (non-hydrogen) atoms. The summed E-state index contributed by atoms with van der Waals surface area (Å²) in [6, 6.07) is 6.01. The SMILES string of the molecule is CCOc1ccc2c(c1)NC(=O)Nc1cnc(C#N)c(n1)OCCC(O)C(O)CO2. The van der Waals surface area contributed by atoms with Gasteiger partial charge in [0.1, 0.15) is 30.3 Å². The van der Waals surface area contributed by atoms with E-state index in [1.165, 1.54) is 6.20 Å². The van der Waals surface area contributed by atoms with Crippen LogP contribution in [0.15, 0.2) is 24.4 Å². The third-order valence-electron chi connectivity index (χ3n) is 4.10. The second-order valence-corrected chi connectivity index (χ2v) is 6.27. The minimum atomic E-state index is -1.21. The molecule has 2 heterocycles. The number of benzene rings is 1. The number of aliphatic hydroxyl groups excluding tert-OH is 2. The zero-order valence-electron chi connectivity index (χ0n) is 16.2. The number of carbonyl (C=O) groups is 1. The van der Waals surface area contributed by atoms with Crippen molar-refractivity contribution in [3.05, 3.63) is 30.1 Å². The number of fused-ring (bicyclic) bond motifs is 3. The lowest BCUT2D eigenvalue weighted by Gasteiger charge is -2.19. The van der Waals surface area contributed by atoms with Gasteiger partial charge in [-0.2, -0.15) is 10.2 Å². The second kappa shape index (κ2) is 9.73. The van der Waals surface area contributed by atoms with Gasteiger partial charge in [-0.15, -0.1) is 0 Å². The lowest BCUT2D eigenvalue weighted by molar-refractivity contribution is -0.0169. The Labute approximate surface area is 172 Å². The van der Waals surface area contributed by atoms with Crippen LogP contribution in [0.1, 0.15) is 19.0 Å². The predicted octanol–water partition coefficient (Wildman–Crippen LogP) is 1.27. The van der Waals surface area contributed by atoms with Crippen LogP contribution in [0.25, 0.3) is 0 Å². The fourth-order valence-corrected chi connectivity index (χ4v) is 2.62. The number of urea groups is 1. The van der Waals surface area contributed by atoms with Gasteiger partial charge in [0.25, 0.3) is 5.88 Å². The maximum Gasteiger partial charge on any atom is 0.325 e. The second-order valence-electron chi connectivity index (χ2n) is 6.27. The highest BCUT2D eigenvalue weighted by molar-refractivity contribution is 6.00. The van der Waals surface area contributed by atoms with Gasteiger partial charge >= 0.3 is 6.03 Å². The smallest absolute Gasteiger partial charge is 0.325 e. The van der Waals surface area contributed by atoms with Crippen LogP contribution in [0.5, 0.6) is 17.4 Å². The Morgan fingerprint density at radius 1 is 1.30 bits per heavy atom. The van der Waals surface area contributed by atoms with Crippen LogP contribution < -0.4 is 24.8 Å². The average molecular weight is 415 g/mol. The average Bonchev–Trinajstić information content (AvgIpc) is 2.73. The summed E-state index contributed by atoms with van der Waals surface area (Å²) in [5.41, 5.74) is 0.212. The van der Waals surface area contributed by atoms with Gasteiger partial charge in [0.05, 0.1) is 31.2 Å². The van der Waals surface area contributed by atoms with Gasteiger partial charge in [0, 0.05) is 12.5 Å².